The minimum atomic E-state index is -0.444. The first kappa shape index (κ1) is 13.8. The van der Waals surface area contributed by atoms with E-state index in [4.69, 9.17) is 0 Å². The molecular formula is C14H21N3O2. The quantitative estimate of drug-likeness (QED) is 0.780. The normalized spacial score (nSPS) is 16.4. The molecule has 2 heterocycles. The first-order chi connectivity index (χ1) is 9.24. The minimum absolute atomic E-state index is 0.257. The summed E-state index contributed by atoms with van der Waals surface area (Å²) in [4.78, 5) is 21.9. The van der Waals surface area contributed by atoms with Crippen LogP contribution in [-0.4, -0.2) is 36.1 Å². The van der Waals surface area contributed by atoms with Gasteiger partial charge in [0.25, 0.3) is 0 Å². The molecule has 104 valence electrons. The molecule has 1 aliphatic rings. The molecule has 1 aromatic heterocycles. The van der Waals surface area contributed by atoms with E-state index in [2.05, 4.69) is 26.5 Å². The monoisotopic (exact) mass is 263 g/mol. The van der Waals surface area contributed by atoms with Crippen LogP contribution >= 0.6 is 0 Å². The van der Waals surface area contributed by atoms with Gasteiger partial charge in [0.05, 0.1) is 19.5 Å². The Morgan fingerprint density at radius 2 is 2.11 bits per heavy atom. The highest BCUT2D eigenvalue weighted by Gasteiger charge is 2.20. The number of methoxy groups -OCH3 is 1. The highest BCUT2D eigenvalue weighted by atomic mass is 16.5. The highest BCUT2D eigenvalue weighted by Crippen LogP contribution is 2.24. The van der Waals surface area contributed by atoms with Crippen LogP contribution in [0.3, 0.4) is 0 Å². The topological polar surface area (TPSA) is 55.3 Å². The zero-order valence-corrected chi connectivity index (χ0v) is 11.6. The predicted molar refractivity (Wildman–Crippen MR) is 73.2 cm³/mol. The van der Waals surface area contributed by atoms with Crippen LogP contribution < -0.4 is 4.90 Å². The van der Waals surface area contributed by atoms with Crippen LogP contribution in [0.5, 0.6) is 0 Å². The molecule has 0 aliphatic carbocycles. The van der Waals surface area contributed by atoms with E-state index in [1.54, 1.807) is 6.20 Å². The Kier molecular flexibility index (Phi) is 4.71. The van der Waals surface area contributed by atoms with E-state index in [0.717, 1.165) is 24.8 Å². The Hall–Kier alpha value is -1.65. The maximum absolute atomic E-state index is 11.3. The summed E-state index contributed by atoms with van der Waals surface area (Å²) in [5.41, 5.74) is 0.257. The predicted octanol–water partition coefficient (Wildman–Crippen LogP) is 2.28. The number of nitrogens with zero attached hydrogens (tertiary/aromatic N) is 3. The fourth-order valence-corrected chi connectivity index (χ4v) is 2.55. The number of hydrogen-bond acceptors (Lipinski definition) is 5. The van der Waals surface area contributed by atoms with Crippen molar-refractivity contribution in [2.75, 3.05) is 25.1 Å². The first-order valence-corrected chi connectivity index (χ1v) is 6.90. The van der Waals surface area contributed by atoms with Crippen molar-refractivity contribution in [2.24, 2.45) is 5.92 Å². The third kappa shape index (κ3) is 3.43. The molecule has 0 bridgehead atoms. The van der Waals surface area contributed by atoms with Gasteiger partial charge in [0.15, 0.2) is 5.69 Å². The van der Waals surface area contributed by atoms with Crippen molar-refractivity contribution in [1.82, 2.24) is 9.97 Å². The Bertz CT molecular complexity index is 411. The fraction of sp³-hybridized carbons (Fsp3) is 0.643. The van der Waals surface area contributed by atoms with Crippen LogP contribution in [0, 0.1) is 5.92 Å². The number of anilines is 1. The average molecular weight is 263 g/mol. The molecule has 0 saturated carbocycles. The van der Waals surface area contributed by atoms with Crippen molar-refractivity contribution < 1.29 is 9.53 Å². The molecule has 0 spiro atoms. The van der Waals surface area contributed by atoms with E-state index in [1.807, 2.05) is 0 Å². The SMILES string of the molecule is CCCC1CCN(c2cnc(C(=O)OC)cn2)CC1. The smallest absolute Gasteiger partial charge is 0.358 e. The van der Waals surface area contributed by atoms with Crippen LogP contribution in [0.4, 0.5) is 5.82 Å². The summed E-state index contributed by atoms with van der Waals surface area (Å²) in [5, 5.41) is 0. The number of esters is 1. The maximum atomic E-state index is 11.3. The second-order valence-corrected chi connectivity index (χ2v) is 4.97. The second kappa shape index (κ2) is 6.50. The number of hydrogen-bond donors (Lipinski definition) is 0. The van der Waals surface area contributed by atoms with E-state index in [-0.39, 0.29) is 5.69 Å². The summed E-state index contributed by atoms with van der Waals surface area (Å²) in [6.45, 7) is 4.29. The Balaban J connectivity index is 1.94. The Morgan fingerprint density at radius 1 is 1.37 bits per heavy atom. The summed E-state index contributed by atoms with van der Waals surface area (Å²) < 4.78 is 4.61. The average Bonchev–Trinajstić information content (AvgIpc) is 2.48. The molecule has 1 aliphatic heterocycles. The molecule has 2 rings (SSSR count). The van der Waals surface area contributed by atoms with Gasteiger partial charge in [0.2, 0.25) is 0 Å². The van der Waals surface area contributed by atoms with Crippen LogP contribution in [0.1, 0.15) is 43.1 Å². The minimum Gasteiger partial charge on any atom is -0.464 e. The van der Waals surface area contributed by atoms with Gasteiger partial charge < -0.3 is 9.64 Å². The zero-order chi connectivity index (χ0) is 13.7. The summed E-state index contributed by atoms with van der Waals surface area (Å²) >= 11 is 0. The van der Waals surface area contributed by atoms with Crippen LogP contribution in [0.25, 0.3) is 0 Å². The molecule has 0 aromatic carbocycles. The van der Waals surface area contributed by atoms with E-state index in [9.17, 15) is 4.79 Å². The number of aromatic nitrogens is 2. The van der Waals surface area contributed by atoms with Crippen LogP contribution in [-0.2, 0) is 4.74 Å². The third-order valence-corrected chi connectivity index (χ3v) is 3.67. The third-order valence-electron chi connectivity index (χ3n) is 3.67. The molecule has 1 fully saturated rings. The largest absolute Gasteiger partial charge is 0.464 e. The molecule has 19 heavy (non-hydrogen) atoms. The van der Waals surface area contributed by atoms with E-state index >= 15 is 0 Å². The number of carbonyl (C=O) groups is 1. The summed E-state index contributed by atoms with van der Waals surface area (Å²) in [6, 6.07) is 0. The number of rotatable bonds is 4. The zero-order valence-electron chi connectivity index (χ0n) is 11.6. The molecule has 5 nitrogen and oxygen atoms in total. The molecule has 0 N–H and O–H groups in total. The summed E-state index contributed by atoms with van der Waals surface area (Å²) in [5.74, 6) is 1.26. The van der Waals surface area contributed by atoms with Gasteiger partial charge >= 0.3 is 5.97 Å². The van der Waals surface area contributed by atoms with Gasteiger partial charge in [0.1, 0.15) is 5.82 Å². The number of carbonyl (C=O) groups excluding carboxylic acids is 1. The van der Waals surface area contributed by atoms with Crippen LogP contribution in [0.15, 0.2) is 12.4 Å². The molecule has 0 unspecified atom stereocenters. The summed E-state index contributed by atoms with van der Waals surface area (Å²) in [7, 11) is 1.34. The van der Waals surface area contributed by atoms with Gasteiger partial charge in [-0.15, -0.1) is 0 Å². The fourth-order valence-electron chi connectivity index (χ4n) is 2.55. The van der Waals surface area contributed by atoms with Crippen molar-refractivity contribution in [3.63, 3.8) is 0 Å². The lowest BCUT2D eigenvalue weighted by Gasteiger charge is -2.32. The van der Waals surface area contributed by atoms with Crippen molar-refractivity contribution >= 4 is 11.8 Å². The van der Waals surface area contributed by atoms with E-state index < -0.39 is 5.97 Å². The highest BCUT2D eigenvalue weighted by molar-refractivity contribution is 5.86. The lowest BCUT2D eigenvalue weighted by Crippen LogP contribution is -2.34. The van der Waals surface area contributed by atoms with Crippen molar-refractivity contribution in [1.29, 1.82) is 0 Å². The maximum Gasteiger partial charge on any atom is 0.358 e. The van der Waals surface area contributed by atoms with Crippen molar-refractivity contribution in [2.45, 2.75) is 32.6 Å². The molecule has 0 amide bonds. The molecule has 0 radical (unpaired) electrons. The van der Waals surface area contributed by atoms with E-state index in [1.165, 1.54) is 39.0 Å². The van der Waals surface area contributed by atoms with Gasteiger partial charge in [-0.25, -0.2) is 14.8 Å². The summed E-state index contributed by atoms with van der Waals surface area (Å²) in [6.07, 6.45) is 8.16. The van der Waals surface area contributed by atoms with Crippen molar-refractivity contribution in [3.05, 3.63) is 18.1 Å². The second-order valence-electron chi connectivity index (χ2n) is 4.97. The molecule has 1 aromatic rings. The molecule has 5 heteroatoms. The van der Waals surface area contributed by atoms with Gasteiger partial charge in [0, 0.05) is 13.1 Å². The van der Waals surface area contributed by atoms with Crippen LogP contribution in [0.2, 0.25) is 0 Å². The standard InChI is InChI=1S/C14H21N3O2/c1-3-4-11-5-7-17(8-6-11)13-10-15-12(9-16-13)14(18)19-2/h9-11H,3-8H2,1-2H3. The number of ether oxygens (including phenoxy) is 1. The van der Waals surface area contributed by atoms with Gasteiger partial charge in [-0.2, -0.15) is 0 Å². The first-order valence-electron chi connectivity index (χ1n) is 6.90. The Morgan fingerprint density at radius 3 is 2.63 bits per heavy atom. The van der Waals surface area contributed by atoms with Gasteiger partial charge in [-0.3, -0.25) is 0 Å². The van der Waals surface area contributed by atoms with Gasteiger partial charge in [-0.05, 0) is 18.8 Å². The Labute approximate surface area is 114 Å². The molecule has 1 saturated heterocycles. The van der Waals surface area contributed by atoms with Crippen molar-refractivity contribution in [3.8, 4) is 0 Å². The number of piperidine rings is 1. The lowest BCUT2D eigenvalue weighted by molar-refractivity contribution is 0.0593. The molecular weight excluding hydrogens is 242 g/mol. The van der Waals surface area contributed by atoms with Gasteiger partial charge in [-0.1, -0.05) is 19.8 Å². The van der Waals surface area contributed by atoms with E-state index in [0.29, 0.717) is 0 Å². The molecule has 0 atom stereocenters. The lowest BCUT2D eigenvalue weighted by atomic mass is 9.92.